The van der Waals surface area contributed by atoms with Gasteiger partial charge in [0, 0.05) is 32.2 Å². The molecule has 1 heterocycles. The maximum atomic E-state index is 13.0. The van der Waals surface area contributed by atoms with E-state index in [0.29, 0.717) is 35.9 Å². The fraction of sp³-hybridized carbons (Fsp3) is 0.350. The fourth-order valence-corrected chi connectivity index (χ4v) is 4.69. The van der Waals surface area contributed by atoms with Crippen LogP contribution >= 0.6 is 0 Å². The van der Waals surface area contributed by atoms with Crippen LogP contribution in [0.15, 0.2) is 47.4 Å². The van der Waals surface area contributed by atoms with E-state index in [1.54, 1.807) is 35.2 Å². The molecule has 1 saturated heterocycles. The third-order valence-corrected chi connectivity index (χ3v) is 6.75. The van der Waals surface area contributed by atoms with Crippen molar-refractivity contribution in [2.24, 2.45) is 0 Å². The summed E-state index contributed by atoms with van der Waals surface area (Å²) in [7, 11) is 0.747. The van der Waals surface area contributed by atoms with Crippen molar-refractivity contribution >= 4 is 15.9 Å². The summed E-state index contributed by atoms with van der Waals surface area (Å²) in [6.07, 6.45) is 0. The van der Waals surface area contributed by atoms with E-state index in [1.165, 1.54) is 37.8 Å². The molecule has 1 amide bonds. The number of amides is 1. The molecule has 3 rings (SSSR count). The predicted octanol–water partition coefficient (Wildman–Crippen LogP) is 1.86. The topological polar surface area (TPSA) is 85.4 Å². The van der Waals surface area contributed by atoms with Crippen molar-refractivity contribution in [1.82, 2.24) is 9.21 Å². The minimum atomic E-state index is -3.71. The summed E-state index contributed by atoms with van der Waals surface area (Å²) < 4.78 is 43.0. The number of methoxy groups -OCH3 is 3. The molecule has 29 heavy (non-hydrogen) atoms. The normalized spacial score (nSPS) is 15.1. The van der Waals surface area contributed by atoms with Gasteiger partial charge in [-0.25, -0.2) is 8.42 Å². The van der Waals surface area contributed by atoms with Gasteiger partial charge in [0.2, 0.25) is 10.0 Å². The molecule has 0 atom stereocenters. The zero-order valence-corrected chi connectivity index (χ0v) is 17.4. The number of benzene rings is 2. The number of carbonyl (C=O) groups is 1. The first-order valence-corrected chi connectivity index (χ1v) is 10.5. The number of hydrogen-bond donors (Lipinski definition) is 0. The van der Waals surface area contributed by atoms with E-state index < -0.39 is 10.0 Å². The molecule has 1 aliphatic heterocycles. The highest BCUT2D eigenvalue weighted by Crippen LogP contribution is 2.31. The van der Waals surface area contributed by atoms with Crippen LogP contribution < -0.4 is 14.2 Å². The average Bonchev–Trinajstić information content (AvgIpc) is 2.78. The molecule has 8 nitrogen and oxygen atoms in total. The number of rotatable bonds is 6. The van der Waals surface area contributed by atoms with E-state index in [9.17, 15) is 13.2 Å². The molecule has 2 aromatic carbocycles. The smallest absolute Gasteiger partial charge is 0.257 e. The van der Waals surface area contributed by atoms with Gasteiger partial charge < -0.3 is 19.1 Å². The maximum Gasteiger partial charge on any atom is 0.257 e. The number of ether oxygens (including phenoxy) is 3. The largest absolute Gasteiger partial charge is 0.496 e. The lowest BCUT2D eigenvalue weighted by Crippen LogP contribution is -2.50. The second-order valence-electron chi connectivity index (χ2n) is 6.41. The number of hydrogen-bond acceptors (Lipinski definition) is 6. The van der Waals surface area contributed by atoms with E-state index >= 15 is 0 Å². The van der Waals surface area contributed by atoms with Crippen molar-refractivity contribution in [2.75, 3.05) is 47.5 Å². The number of carbonyl (C=O) groups excluding carboxylic acids is 1. The summed E-state index contributed by atoms with van der Waals surface area (Å²) in [6, 6.07) is 11.5. The molecule has 0 radical (unpaired) electrons. The Morgan fingerprint density at radius 2 is 1.45 bits per heavy atom. The van der Waals surface area contributed by atoms with Gasteiger partial charge in [-0.2, -0.15) is 4.31 Å². The first-order chi connectivity index (χ1) is 13.9. The van der Waals surface area contributed by atoms with Gasteiger partial charge in [0.1, 0.15) is 5.75 Å². The monoisotopic (exact) mass is 420 g/mol. The minimum Gasteiger partial charge on any atom is -0.496 e. The molecule has 156 valence electrons. The average molecular weight is 420 g/mol. The Morgan fingerprint density at radius 1 is 0.828 bits per heavy atom. The molecule has 1 fully saturated rings. The first-order valence-electron chi connectivity index (χ1n) is 9.07. The third-order valence-electron chi connectivity index (χ3n) is 4.86. The van der Waals surface area contributed by atoms with Gasteiger partial charge in [0.15, 0.2) is 11.5 Å². The molecule has 0 saturated carbocycles. The van der Waals surface area contributed by atoms with E-state index in [4.69, 9.17) is 14.2 Å². The Bertz CT molecular complexity index is 984. The van der Waals surface area contributed by atoms with Gasteiger partial charge in [-0.1, -0.05) is 12.1 Å². The molecule has 0 spiro atoms. The predicted molar refractivity (Wildman–Crippen MR) is 107 cm³/mol. The van der Waals surface area contributed by atoms with E-state index in [2.05, 4.69) is 0 Å². The molecule has 0 aliphatic carbocycles. The summed E-state index contributed by atoms with van der Waals surface area (Å²) >= 11 is 0. The standard InChI is InChI=1S/C20H24N2O6S/c1-26-17-7-5-4-6-16(17)20(23)21-10-12-22(13-11-21)29(24,25)15-8-9-18(27-2)19(14-15)28-3/h4-9,14H,10-13H2,1-3H3. The Morgan fingerprint density at radius 3 is 2.07 bits per heavy atom. The first kappa shape index (κ1) is 20.9. The third kappa shape index (κ3) is 4.15. The summed E-state index contributed by atoms with van der Waals surface area (Å²) in [4.78, 5) is 14.6. The molecule has 0 bridgehead atoms. The Hall–Kier alpha value is -2.78. The zero-order chi connectivity index (χ0) is 21.0. The van der Waals surface area contributed by atoms with E-state index in [0.717, 1.165) is 0 Å². The SMILES string of the molecule is COc1ccc(S(=O)(=O)N2CCN(C(=O)c3ccccc3OC)CC2)cc1OC. The van der Waals surface area contributed by atoms with Crippen molar-refractivity contribution in [3.05, 3.63) is 48.0 Å². The van der Waals surface area contributed by atoms with Crippen LogP contribution in [0.25, 0.3) is 0 Å². The highest BCUT2D eigenvalue weighted by Gasteiger charge is 2.31. The van der Waals surface area contributed by atoms with Gasteiger partial charge in [0.25, 0.3) is 5.91 Å². The van der Waals surface area contributed by atoms with Crippen LogP contribution in [-0.4, -0.2) is 71.0 Å². The van der Waals surface area contributed by atoms with Crippen molar-refractivity contribution in [2.45, 2.75) is 4.90 Å². The van der Waals surface area contributed by atoms with Gasteiger partial charge in [-0.3, -0.25) is 4.79 Å². The van der Waals surface area contributed by atoms with Crippen LogP contribution in [-0.2, 0) is 10.0 Å². The lowest BCUT2D eigenvalue weighted by Gasteiger charge is -2.34. The molecule has 0 aromatic heterocycles. The van der Waals surface area contributed by atoms with Gasteiger partial charge in [-0.15, -0.1) is 0 Å². The Labute approximate surface area is 170 Å². The summed E-state index contributed by atoms with van der Waals surface area (Å²) in [6.45, 7) is 1.00. The summed E-state index contributed by atoms with van der Waals surface area (Å²) in [5, 5.41) is 0. The van der Waals surface area contributed by atoms with E-state index in [1.807, 2.05) is 0 Å². The summed E-state index contributed by atoms with van der Waals surface area (Å²) in [5.41, 5.74) is 0.464. The van der Waals surface area contributed by atoms with Crippen LogP contribution in [0, 0.1) is 0 Å². The zero-order valence-electron chi connectivity index (χ0n) is 16.6. The highest BCUT2D eigenvalue weighted by molar-refractivity contribution is 7.89. The maximum absolute atomic E-state index is 13.0. The second-order valence-corrected chi connectivity index (χ2v) is 8.35. The van der Waals surface area contributed by atoms with Crippen molar-refractivity contribution in [3.63, 3.8) is 0 Å². The molecule has 1 aliphatic rings. The molecular weight excluding hydrogens is 396 g/mol. The number of sulfonamides is 1. The van der Waals surface area contributed by atoms with Gasteiger partial charge >= 0.3 is 0 Å². The summed E-state index contributed by atoms with van der Waals surface area (Å²) in [5.74, 6) is 1.13. The molecular formula is C20H24N2O6S. The lowest BCUT2D eigenvalue weighted by molar-refractivity contribution is 0.0694. The quantitative estimate of drug-likeness (QED) is 0.709. The van der Waals surface area contributed by atoms with Crippen LogP contribution in [0.3, 0.4) is 0 Å². The van der Waals surface area contributed by atoms with Crippen molar-refractivity contribution in [1.29, 1.82) is 0 Å². The van der Waals surface area contributed by atoms with Crippen LogP contribution in [0.5, 0.6) is 17.2 Å². The van der Waals surface area contributed by atoms with Gasteiger partial charge in [0.05, 0.1) is 31.8 Å². The number of piperazine rings is 1. The van der Waals surface area contributed by atoms with Gasteiger partial charge in [-0.05, 0) is 24.3 Å². The van der Waals surface area contributed by atoms with Crippen LogP contribution in [0.1, 0.15) is 10.4 Å². The second kappa shape index (κ2) is 8.71. The highest BCUT2D eigenvalue weighted by atomic mass is 32.2. The van der Waals surface area contributed by atoms with Crippen molar-refractivity contribution in [3.8, 4) is 17.2 Å². The lowest BCUT2D eigenvalue weighted by atomic mass is 10.1. The molecule has 0 unspecified atom stereocenters. The number of nitrogens with zero attached hydrogens (tertiary/aromatic N) is 2. The molecule has 0 N–H and O–H groups in total. The Kier molecular flexibility index (Phi) is 6.29. The van der Waals surface area contributed by atoms with Crippen molar-refractivity contribution < 1.29 is 27.4 Å². The Balaban J connectivity index is 1.74. The molecule has 2 aromatic rings. The molecule has 9 heteroatoms. The fourth-order valence-electron chi connectivity index (χ4n) is 3.25. The van der Waals surface area contributed by atoms with E-state index in [-0.39, 0.29) is 23.9 Å². The van der Waals surface area contributed by atoms with Crippen LogP contribution in [0.4, 0.5) is 0 Å². The minimum absolute atomic E-state index is 0.125. The number of para-hydroxylation sites is 1. The van der Waals surface area contributed by atoms with Crippen LogP contribution in [0.2, 0.25) is 0 Å².